The highest BCUT2D eigenvalue weighted by molar-refractivity contribution is 5.74. The average Bonchev–Trinajstić information content (AvgIpc) is 3.07. The summed E-state index contributed by atoms with van der Waals surface area (Å²) >= 11 is 0. The first-order valence-corrected chi connectivity index (χ1v) is 8.57. The van der Waals surface area contributed by atoms with Gasteiger partial charge in [-0.2, -0.15) is 13.2 Å². The quantitative estimate of drug-likeness (QED) is 0.851. The number of morpholine rings is 1. The van der Waals surface area contributed by atoms with Crippen LogP contribution >= 0.6 is 0 Å². The van der Waals surface area contributed by atoms with Gasteiger partial charge in [-0.3, -0.25) is 0 Å². The normalized spacial score (nSPS) is 35.3. The number of fused-ring (bicyclic) bond motifs is 2. The first-order valence-electron chi connectivity index (χ1n) is 8.57. The molecule has 138 valence electrons. The van der Waals surface area contributed by atoms with Crippen LogP contribution in [0.25, 0.3) is 0 Å². The van der Waals surface area contributed by atoms with Crippen molar-refractivity contribution in [1.82, 2.24) is 10.2 Å². The van der Waals surface area contributed by atoms with E-state index in [4.69, 9.17) is 9.47 Å². The van der Waals surface area contributed by atoms with Crippen LogP contribution in [0.3, 0.4) is 0 Å². The Hall–Kier alpha value is -1.02. The number of carbonyl (C=O) groups is 1. The van der Waals surface area contributed by atoms with Crippen LogP contribution < -0.4 is 5.32 Å². The molecule has 3 fully saturated rings. The summed E-state index contributed by atoms with van der Waals surface area (Å²) in [6.45, 7) is 3.28. The Labute approximate surface area is 139 Å². The van der Waals surface area contributed by atoms with Crippen molar-refractivity contribution in [2.24, 2.45) is 5.92 Å². The second-order valence-corrected chi connectivity index (χ2v) is 7.68. The lowest BCUT2D eigenvalue weighted by molar-refractivity contribution is -0.267. The van der Waals surface area contributed by atoms with Gasteiger partial charge < -0.3 is 19.7 Å². The minimum Gasteiger partial charge on any atom is -0.375 e. The molecule has 8 heteroatoms. The van der Waals surface area contributed by atoms with Crippen LogP contribution in [-0.4, -0.2) is 60.7 Å². The van der Waals surface area contributed by atoms with Crippen LogP contribution in [0.4, 0.5) is 18.0 Å². The van der Waals surface area contributed by atoms with Crippen molar-refractivity contribution >= 4 is 6.03 Å². The van der Waals surface area contributed by atoms with E-state index in [1.807, 2.05) is 0 Å². The van der Waals surface area contributed by atoms with Crippen LogP contribution in [0.5, 0.6) is 0 Å². The van der Waals surface area contributed by atoms with Gasteiger partial charge in [-0.15, -0.1) is 0 Å². The highest BCUT2D eigenvalue weighted by atomic mass is 19.4. The molecule has 3 aliphatic rings. The summed E-state index contributed by atoms with van der Waals surface area (Å²) in [4.78, 5) is 13.5. The van der Waals surface area contributed by atoms with Gasteiger partial charge in [-0.05, 0) is 45.4 Å². The highest BCUT2D eigenvalue weighted by Crippen LogP contribution is 2.40. The minimum absolute atomic E-state index is 0.142. The molecule has 0 aliphatic carbocycles. The molecule has 3 aliphatic heterocycles. The van der Waals surface area contributed by atoms with Gasteiger partial charge in [0, 0.05) is 6.54 Å². The fourth-order valence-electron chi connectivity index (χ4n) is 4.03. The monoisotopic (exact) mass is 350 g/mol. The summed E-state index contributed by atoms with van der Waals surface area (Å²) in [6.07, 6.45) is -1.72. The van der Waals surface area contributed by atoms with Crippen molar-refractivity contribution in [3.63, 3.8) is 0 Å². The molecule has 0 aromatic rings. The lowest BCUT2D eigenvalue weighted by Crippen LogP contribution is -2.60. The van der Waals surface area contributed by atoms with Gasteiger partial charge in [-0.25, -0.2) is 4.79 Å². The van der Waals surface area contributed by atoms with Crippen LogP contribution in [0, 0.1) is 5.92 Å². The van der Waals surface area contributed by atoms with Crippen molar-refractivity contribution in [2.75, 3.05) is 19.6 Å². The predicted molar refractivity (Wildman–Crippen MR) is 80.6 cm³/mol. The molecule has 3 heterocycles. The van der Waals surface area contributed by atoms with Gasteiger partial charge in [0.05, 0.1) is 30.9 Å². The molecular weight excluding hydrogens is 325 g/mol. The van der Waals surface area contributed by atoms with Crippen LogP contribution in [0.2, 0.25) is 0 Å². The number of nitrogens with one attached hydrogen (secondary N) is 1. The summed E-state index contributed by atoms with van der Waals surface area (Å²) in [5, 5.41) is 2.76. The number of urea groups is 1. The molecule has 0 radical (unpaired) electrons. The molecule has 0 spiro atoms. The summed E-state index contributed by atoms with van der Waals surface area (Å²) < 4.78 is 49.7. The third-order valence-corrected chi connectivity index (χ3v) is 5.09. The van der Waals surface area contributed by atoms with Gasteiger partial charge in [0.25, 0.3) is 0 Å². The minimum atomic E-state index is -4.48. The number of alkyl halides is 3. The van der Waals surface area contributed by atoms with Crippen molar-refractivity contribution in [1.29, 1.82) is 0 Å². The lowest BCUT2D eigenvalue weighted by Gasteiger charge is -2.43. The summed E-state index contributed by atoms with van der Waals surface area (Å²) in [6, 6.07) is -0.454. The molecule has 0 aromatic carbocycles. The Kier molecular flexibility index (Phi) is 4.72. The van der Waals surface area contributed by atoms with E-state index in [9.17, 15) is 18.0 Å². The van der Waals surface area contributed by atoms with Crippen molar-refractivity contribution < 1.29 is 27.4 Å². The standard InChI is InChI=1S/C16H25F3N2O3/c1-15(2)9-21(8-13(24-15)16(17,18)19)14(22)20-6-5-10-7-11-3-4-12(10)23-11/h10-13H,3-9H2,1-2H3,(H,20,22). The molecule has 2 bridgehead atoms. The molecule has 2 amide bonds. The first kappa shape index (κ1) is 17.8. The maximum atomic E-state index is 13.0. The summed E-state index contributed by atoms with van der Waals surface area (Å²) in [5.41, 5.74) is -1.02. The number of nitrogens with zero attached hydrogens (tertiary/aromatic N) is 1. The topological polar surface area (TPSA) is 50.8 Å². The highest BCUT2D eigenvalue weighted by Gasteiger charge is 2.49. The zero-order valence-corrected chi connectivity index (χ0v) is 14.1. The number of rotatable bonds is 3. The molecule has 1 N–H and O–H groups in total. The van der Waals surface area contributed by atoms with Crippen molar-refractivity contribution in [3.05, 3.63) is 0 Å². The van der Waals surface area contributed by atoms with Crippen molar-refractivity contribution in [2.45, 2.75) is 69.6 Å². The number of ether oxygens (including phenoxy) is 2. The molecule has 3 saturated heterocycles. The maximum Gasteiger partial charge on any atom is 0.416 e. The first-order chi connectivity index (χ1) is 11.1. The van der Waals surface area contributed by atoms with Gasteiger partial charge in [0.1, 0.15) is 0 Å². The van der Waals surface area contributed by atoms with E-state index in [0.29, 0.717) is 24.7 Å². The third-order valence-electron chi connectivity index (χ3n) is 5.09. The van der Waals surface area contributed by atoms with E-state index >= 15 is 0 Å². The Morgan fingerprint density at radius 2 is 2.08 bits per heavy atom. The Morgan fingerprint density at radius 3 is 2.67 bits per heavy atom. The molecule has 5 nitrogen and oxygen atoms in total. The van der Waals surface area contributed by atoms with Gasteiger partial charge in [-0.1, -0.05) is 0 Å². The van der Waals surface area contributed by atoms with Gasteiger partial charge in [0.2, 0.25) is 0 Å². The fraction of sp³-hybridized carbons (Fsp3) is 0.938. The molecule has 0 saturated carbocycles. The van der Waals surface area contributed by atoms with E-state index in [2.05, 4.69) is 5.32 Å². The molecule has 24 heavy (non-hydrogen) atoms. The number of halogens is 3. The average molecular weight is 350 g/mol. The zero-order valence-electron chi connectivity index (χ0n) is 14.1. The predicted octanol–water partition coefficient (Wildman–Crippen LogP) is 2.70. The van der Waals surface area contributed by atoms with E-state index < -0.39 is 30.5 Å². The number of hydrogen-bond donors (Lipinski definition) is 1. The number of hydrogen-bond acceptors (Lipinski definition) is 3. The number of carbonyl (C=O) groups excluding carboxylic acids is 1. The zero-order chi connectivity index (χ0) is 17.5. The molecular formula is C16H25F3N2O3. The molecule has 0 aromatic heterocycles. The Balaban J connectivity index is 1.48. The van der Waals surface area contributed by atoms with Gasteiger partial charge in [0.15, 0.2) is 6.10 Å². The fourth-order valence-corrected chi connectivity index (χ4v) is 4.03. The Bertz CT molecular complexity index is 484. The van der Waals surface area contributed by atoms with E-state index in [0.717, 1.165) is 25.7 Å². The number of amides is 2. The summed E-state index contributed by atoms with van der Waals surface area (Å²) in [5.74, 6) is 0.452. The lowest BCUT2D eigenvalue weighted by atomic mass is 9.87. The molecule has 3 rings (SSSR count). The Morgan fingerprint density at radius 1 is 1.33 bits per heavy atom. The van der Waals surface area contributed by atoms with E-state index in [1.165, 1.54) is 4.90 Å². The van der Waals surface area contributed by atoms with E-state index in [-0.39, 0.29) is 6.54 Å². The van der Waals surface area contributed by atoms with Crippen LogP contribution in [0.1, 0.15) is 39.5 Å². The molecule has 4 unspecified atom stereocenters. The smallest absolute Gasteiger partial charge is 0.375 e. The SMILES string of the molecule is CC1(C)CN(C(=O)NCCC2CC3CCC2O3)CC(C(F)(F)F)O1. The van der Waals surface area contributed by atoms with Crippen LogP contribution in [0.15, 0.2) is 0 Å². The van der Waals surface area contributed by atoms with Crippen LogP contribution in [-0.2, 0) is 9.47 Å². The third kappa shape index (κ3) is 3.96. The largest absolute Gasteiger partial charge is 0.416 e. The second kappa shape index (κ2) is 6.37. The molecule has 4 atom stereocenters. The summed E-state index contributed by atoms with van der Waals surface area (Å²) in [7, 11) is 0. The van der Waals surface area contributed by atoms with Crippen molar-refractivity contribution in [3.8, 4) is 0 Å². The van der Waals surface area contributed by atoms with Gasteiger partial charge >= 0.3 is 12.2 Å². The second-order valence-electron chi connectivity index (χ2n) is 7.68. The maximum absolute atomic E-state index is 13.0. The van der Waals surface area contributed by atoms with E-state index in [1.54, 1.807) is 13.8 Å².